The second-order valence-electron chi connectivity index (χ2n) is 3.95. The topological polar surface area (TPSA) is 58.8 Å². The molecule has 78 valence electrons. The minimum Gasteiger partial charge on any atom is -0.364 e. The van der Waals surface area contributed by atoms with Gasteiger partial charge in [0.2, 0.25) is 5.82 Å². The van der Waals surface area contributed by atoms with Crippen LogP contribution in [-0.2, 0) is 16.9 Å². The number of fused-ring (bicyclic) bond motifs is 1. The lowest BCUT2D eigenvalue weighted by molar-refractivity contribution is -0.0322. The molecule has 1 aromatic heterocycles. The molecule has 0 unspecified atom stereocenters. The largest absolute Gasteiger partial charge is 0.364 e. The number of nitriles is 1. The summed E-state index contributed by atoms with van der Waals surface area (Å²) in [6, 6.07) is 1.96. The summed E-state index contributed by atoms with van der Waals surface area (Å²) in [6.45, 7) is 4.69. The molecule has 1 aromatic rings. The molecule has 1 atom stereocenters. The van der Waals surface area contributed by atoms with Crippen LogP contribution in [0.3, 0.4) is 0 Å². The predicted molar refractivity (Wildman–Crippen MR) is 53.8 cm³/mol. The van der Waals surface area contributed by atoms with Crippen molar-refractivity contribution < 1.29 is 4.74 Å². The molecule has 0 saturated carbocycles. The summed E-state index contributed by atoms with van der Waals surface area (Å²) >= 11 is 0. The molecule has 4 heteroatoms. The molecule has 0 bridgehead atoms. The van der Waals surface area contributed by atoms with Crippen molar-refractivity contribution in [2.75, 3.05) is 0 Å². The minimum atomic E-state index is -0.335. The van der Waals surface area contributed by atoms with Gasteiger partial charge in [-0.3, -0.25) is 0 Å². The number of aromatic nitrogens is 2. The van der Waals surface area contributed by atoms with E-state index in [9.17, 15) is 0 Å². The van der Waals surface area contributed by atoms with Crippen molar-refractivity contribution in [3.8, 4) is 6.07 Å². The van der Waals surface area contributed by atoms with Crippen molar-refractivity contribution in [1.29, 1.82) is 5.26 Å². The molecular formula is C11H13N3O. The molecule has 2 heterocycles. The van der Waals surface area contributed by atoms with Crippen LogP contribution in [0, 0.1) is 11.3 Å². The van der Waals surface area contributed by atoms with E-state index in [4.69, 9.17) is 10.00 Å². The number of rotatable bonds is 2. The lowest BCUT2D eigenvalue weighted by Crippen LogP contribution is -2.22. The number of hydrogen-bond donors (Lipinski definition) is 0. The summed E-state index contributed by atoms with van der Waals surface area (Å²) < 4.78 is 5.74. The molecule has 0 amide bonds. The van der Waals surface area contributed by atoms with Crippen LogP contribution in [0.2, 0.25) is 0 Å². The van der Waals surface area contributed by atoms with E-state index in [1.54, 1.807) is 6.20 Å². The van der Waals surface area contributed by atoms with Gasteiger partial charge in [-0.05, 0) is 13.3 Å². The van der Waals surface area contributed by atoms with Gasteiger partial charge in [0, 0.05) is 11.8 Å². The fourth-order valence-electron chi connectivity index (χ4n) is 2.00. The first-order valence-electron chi connectivity index (χ1n) is 5.10. The van der Waals surface area contributed by atoms with Crippen molar-refractivity contribution in [2.24, 2.45) is 0 Å². The van der Waals surface area contributed by atoms with Gasteiger partial charge in [0.15, 0.2) is 0 Å². The molecule has 4 nitrogen and oxygen atoms in total. The first-order chi connectivity index (χ1) is 7.19. The second kappa shape index (κ2) is 3.59. The lowest BCUT2D eigenvalue weighted by atomic mass is 9.95. The molecule has 1 aliphatic rings. The highest BCUT2D eigenvalue weighted by atomic mass is 16.5. The van der Waals surface area contributed by atoms with E-state index in [2.05, 4.69) is 16.9 Å². The molecule has 2 rings (SSSR count). The quantitative estimate of drug-likeness (QED) is 0.736. The van der Waals surface area contributed by atoms with Gasteiger partial charge >= 0.3 is 0 Å². The Hall–Kier alpha value is -1.47. The molecule has 0 N–H and O–H groups in total. The number of ether oxygens (including phenoxy) is 1. The van der Waals surface area contributed by atoms with Crippen LogP contribution >= 0.6 is 0 Å². The summed E-state index contributed by atoms with van der Waals surface area (Å²) in [6.07, 6.45) is 3.64. The minimum absolute atomic E-state index is 0.224. The van der Waals surface area contributed by atoms with Crippen LogP contribution < -0.4 is 0 Å². The highest BCUT2D eigenvalue weighted by Gasteiger charge is 2.36. The molecule has 0 aliphatic carbocycles. The molecule has 0 radical (unpaired) electrons. The third-order valence-corrected chi connectivity index (χ3v) is 2.74. The number of nitrogens with zero attached hydrogens (tertiary/aromatic N) is 3. The third-order valence-electron chi connectivity index (χ3n) is 2.74. The normalized spacial score (nSPS) is 23.5. The van der Waals surface area contributed by atoms with Gasteiger partial charge in [-0.1, -0.05) is 13.3 Å². The Morgan fingerprint density at radius 1 is 1.67 bits per heavy atom. The third kappa shape index (κ3) is 1.59. The maximum Gasteiger partial charge on any atom is 0.232 e. The zero-order chi connectivity index (χ0) is 10.9. The monoisotopic (exact) mass is 203 g/mol. The average molecular weight is 203 g/mol. The molecule has 0 fully saturated rings. The second-order valence-corrected chi connectivity index (χ2v) is 3.95. The first kappa shape index (κ1) is 10.1. The Balaban J connectivity index is 2.44. The van der Waals surface area contributed by atoms with Crippen molar-refractivity contribution in [2.45, 2.75) is 38.9 Å². The van der Waals surface area contributed by atoms with Crippen LogP contribution in [0.4, 0.5) is 0 Å². The summed E-state index contributed by atoms with van der Waals surface area (Å²) in [4.78, 5) is 8.19. The summed E-state index contributed by atoms with van der Waals surface area (Å²) in [5, 5.41) is 8.75. The average Bonchev–Trinajstić information content (AvgIpc) is 2.57. The van der Waals surface area contributed by atoms with Gasteiger partial charge in [0.25, 0.3) is 0 Å². The van der Waals surface area contributed by atoms with Crippen molar-refractivity contribution in [3.63, 3.8) is 0 Å². The van der Waals surface area contributed by atoms with Crippen LogP contribution in [0.15, 0.2) is 6.20 Å². The molecule has 0 saturated heterocycles. The maximum absolute atomic E-state index is 8.75. The van der Waals surface area contributed by atoms with Crippen LogP contribution in [0.5, 0.6) is 0 Å². The van der Waals surface area contributed by atoms with Gasteiger partial charge < -0.3 is 4.74 Å². The summed E-state index contributed by atoms with van der Waals surface area (Å²) in [7, 11) is 0. The van der Waals surface area contributed by atoms with E-state index in [1.165, 1.54) is 0 Å². The Morgan fingerprint density at radius 2 is 2.47 bits per heavy atom. The molecule has 0 aromatic carbocycles. The van der Waals surface area contributed by atoms with E-state index >= 15 is 0 Å². The van der Waals surface area contributed by atoms with Crippen molar-refractivity contribution >= 4 is 0 Å². The van der Waals surface area contributed by atoms with Gasteiger partial charge in [-0.15, -0.1) is 0 Å². The van der Waals surface area contributed by atoms with Gasteiger partial charge in [0.1, 0.15) is 11.7 Å². The van der Waals surface area contributed by atoms with Gasteiger partial charge in [-0.25, -0.2) is 9.97 Å². The Morgan fingerprint density at radius 3 is 3.13 bits per heavy atom. The molecule has 1 aliphatic heterocycles. The van der Waals surface area contributed by atoms with E-state index in [-0.39, 0.29) is 11.4 Å². The SMILES string of the molecule is CCC[C@]1(C)OCc2cnc(C#N)nc21. The standard InChI is InChI=1S/C11H13N3O/c1-3-4-11(2)10-8(7-15-11)6-13-9(5-12)14-10/h6H,3-4,7H2,1-2H3/t11-/m0/s1. The highest BCUT2D eigenvalue weighted by molar-refractivity contribution is 5.29. The molecule has 15 heavy (non-hydrogen) atoms. The highest BCUT2D eigenvalue weighted by Crippen LogP contribution is 2.37. The lowest BCUT2D eigenvalue weighted by Gasteiger charge is -2.22. The van der Waals surface area contributed by atoms with E-state index in [0.717, 1.165) is 24.1 Å². The van der Waals surface area contributed by atoms with Crippen molar-refractivity contribution in [1.82, 2.24) is 9.97 Å². The molecular weight excluding hydrogens is 190 g/mol. The van der Waals surface area contributed by atoms with Gasteiger partial charge in [0.05, 0.1) is 12.3 Å². The maximum atomic E-state index is 8.75. The fraction of sp³-hybridized carbons (Fsp3) is 0.545. The molecule has 0 spiro atoms. The summed E-state index contributed by atoms with van der Waals surface area (Å²) in [5.41, 5.74) is 1.55. The van der Waals surface area contributed by atoms with E-state index in [0.29, 0.717) is 6.61 Å². The van der Waals surface area contributed by atoms with E-state index < -0.39 is 0 Å². The Bertz CT molecular complexity index is 420. The fourth-order valence-corrected chi connectivity index (χ4v) is 2.00. The predicted octanol–water partition coefficient (Wildman–Crippen LogP) is 1.89. The zero-order valence-corrected chi connectivity index (χ0v) is 8.95. The smallest absolute Gasteiger partial charge is 0.232 e. The number of hydrogen-bond acceptors (Lipinski definition) is 4. The van der Waals surface area contributed by atoms with Crippen molar-refractivity contribution in [3.05, 3.63) is 23.3 Å². The van der Waals surface area contributed by atoms with Crippen LogP contribution in [0.25, 0.3) is 0 Å². The zero-order valence-electron chi connectivity index (χ0n) is 8.95. The van der Waals surface area contributed by atoms with Crippen LogP contribution in [0.1, 0.15) is 43.8 Å². The van der Waals surface area contributed by atoms with E-state index in [1.807, 2.05) is 13.0 Å². The van der Waals surface area contributed by atoms with Crippen LogP contribution in [-0.4, -0.2) is 9.97 Å². The summed E-state index contributed by atoms with van der Waals surface area (Å²) in [5.74, 6) is 0.224. The van der Waals surface area contributed by atoms with Gasteiger partial charge in [-0.2, -0.15) is 5.26 Å². The Labute approximate surface area is 88.9 Å². The Kier molecular flexibility index (Phi) is 2.41. The first-order valence-corrected chi connectivity index (χ1v) is 5.10.